The molecule has 8 heteroatoms. The largest absolute Gasteiger partial charge is 0.359 e. The van der Waals surface area contributed by atoms with Gasteiger partial charge in [0.05, 0.1) is 18.7 Å². The van der Waals surface area contributed by atoms with E-state index >= 15 is 0 Å². The van der Waals surface area contributed by atoms with Gasteiger partial charge in [0.2, 0.25) is 5.91 Å². The fourth-order valence-corrected chi connectivity index (χ4v) is 2.29. The molecule has 1 aromatic heterocycles. The highest BCUT2D eigenvalue weighted by atomic mass is 16.5. The van der Waals surface area contributed by atoms with Crippen LogP contribution in [0.4, 0.5) is 4.79 Å². The summed E-state index contributed by atoms with van der Waals surface area (Å²) < 4.78 is 5.05. The molecule has 1 atom stereocenters. The maximum atomic E-state index is 12.2. The second kappa shape index (κ2) is 6.59. The summed E-state index contributed by atoms with van der Waals surface area (Å²) in [5.41, 5.74) is 0.740. The molecule has 1 N–H and O–H groups in total. The second-order valence-corrected chi connectivity index (χ2v) is 5.38. The molecule has 2 heterocycles. The second-order valence-electron chi connectivity index (χ2n) is 5.38. The van der Waals surface area contributed by atoms with Crippen LogP contribution in [0.5, 0.6) is 0 Å². The van der Waals surface area contributed by atoms with E-state index in [0.717, 1.165) is 10.6 Å². The van der Waals surface area contributed by atoms with Crippen molar-refractivity contribution in [3.8, 4) is 0 Å². The molecule has 1 saturated heterocycles. The molecule has 0 unspecified atom stereocenters. The number of imide groups is 1. The molecule has 1 aliphatic heterocycles. The van der Waals surface area contributed by atoms with Crippen LogP contribution in [0.1, 0.15) is 31.2 Å². The average Bonchev–Trinajstić information content (AvgIpc) is 2.98. The Labute approximate surface area is 128 Å². The summed E-state index contributed by atoms with van der Waals surface area (Å²) in [6, 6.07) is 0.526. The van der Waals surface area contributed by atoms with Gasteiger partial charge in [0, 0.05) is 19.7 Å². The van der Waals surface area contributed by atoms with Crippen LogP contribution >= 0.6 is 0 Å². The number of hydrogen-bond donors (Lipinski definition) is 1. The molecule has 0 bridgehead atoms. The van der Waals surface area contributed by atoms with Crippen LogP contribution in [0.2, 0.25) is 0 Å². The Morgan fingerprint density at radius 1 is 1.50 bits per heavy atom. The number of amides is 4. The number of carbonyl (C=O) groups is 3. The fraction of sp³-hybridized carbons (Fsp3) is 0.571. The van der Waals surface area contributed by atoms with Gasteiger partial charge in [0.1, 0.15) is 6.04 Å². The Kier molecular flexibility index (Phi) is 4.79. The molecule has 22 heavy (non-hydrogen) atoms. The minimum absolute atomic E-state index is 0.0611. The molecular formula is C14H20N4O4. The molecule has 0 radical (unpaired) electrons. The van der Waals surface area contributed by atoms with Crippen LogP contribution in [-0.4, -0.2) is 52.4 Å². The number of nitrogens with one attached hydrogen (secondary N) is 1. The normalized spacial score (nSPS) is 17.8. The monoisotopic (exact) mass is 308 g/mol. The Bertz CT molecular complexity index is 583. The molecule has 4 amide bonds. The molecule has 2 rings (SSSR count). The third-order valence-corrected chi connectivity index (χ3v) is 3.43. The number of aromatic nitrogens is 1. The third-order valence-electron chi connectivity index (χ3n) is 3.43. The van der Waals surface area contributed by atoms with Crippen LogP contribution in [0.3, 0.4) is 0 Å². The van der Waals surface area contributed by atoms with Crippen molar-refractivity contribution >= 4 is 17.8 Å². The maximum Gasteiger partial charge on any atom is 0.324 e. The van der Waals surface area contributed by atoms with E-state index in [1.54, 1.807) is 20.0 Å². The van der Waals surface area contributed by atoms with Gasteiger partial charge < -0.3 is 14.7 Å². The molecule has 1 aromatic rings. The van der Waals surface area contributed by atoms with Crippen LogP contribution in [0.15, 0.2) is 10.6 Å². The van der Waals surface area contributed by atoms with E-state index in [4.69, 9.17) is 4.52 Å². The zero-order chi connectivity index (χ0) is 16.3. The molecule has 0 aliphatic carbocycles. The van der Waals surface area contributed by atoms with Gasteiger partial charge in [-0.15, -0.1) is 0 Å². The molecule has 0 saturated carbocycles. The first kappa shape index (κ1) is 16.0. The van der Waals surface area contributed by atoms with Gasteiger partial charge in [0.25, 0.3) is 5.91 Å². The lowest BCUT2D eigenvalue weighted by atomic mass is 10.2. The predicted molar refractivity (Wildman–Crippen MR) is 76.7 cm³/mol. The van der Waals surface area contributed by atoms with Gasteiger partial charge in [-0.1, -0.05) is 12.1 Å². The molecule has 1 fully saturated rings. The third kappa shape index (κ3) is 3.44. The van der Waals surface area contributed by atoms with Crippen molar-refractivity contribution < 1.29 is 18.9 Å². The van der Waals surface area contributed by atoms with Crippen molar-refractivity contribution in [2.45, 2.75) is 39.3 Å². The quantitative estimate of drug-likeness (QED) is 0.779. The van der Waals surface area contributed by atoms with Gasteiger partial charge >= 0.3 is 6.03 Å². The number of nitrogens with zero attached hydrogens (tertiary/aromatic N) is 3. The summed E-state index contributed by atoms with van der Waals surface area (Å²) in [4.78, 5) is 38.5. The zero-order valence-electron chi connectivity index (χ0n) is 13.0. The van der Waals surface area contributed by atoms with Gasteiger partial charge in [-0.05, 0) is 13.3 Å². The number of aryl methyl sites for hydroxylation is 1. The molecule has 120 valence electrons. The first-order valence-electron chi connectivity index (χ1n) is 7.20. The van der Waals surface area contributed by atoms with Crippen LogP contribution < -0.4 is 5.32 Å². The highest BCUT2D eigenvalue weighted by Gasteiger charge is 2.38. The molecule has 0 aromatic carbocycles. The molecule has 1 aliphatic rings. The Morgan fingerprint density at radius 2 is 2.23 bits per heavy atom. The van der Waals surface area contributed by atoms with Gasteiger partial charge in [-0.2, -0.15) is 0 Å². The number of hydrogen-bond acceptors (Lipinski definition) is 5. The first-order valence-corrected chi connectivity index (χ1v) is 7.20. The van der Waals surface area contributed by atoms with E-state index < -0.39 is 12.1 Å². The van der Waals surface area contributed by atoms with Crippen molar-refractivity contribution in [2.24, 2.45) is 0 Å². The number of urea groups is 1. The lowest BCUT2D eigenvalue weighted by molar-refractivity contribution is -0.135. The van der Waals surface area contributed by atoms with E-state index in [0.29, 0.717) is 18.7 Å². The summed E-state index contributed by atoms with van der Waals surface area (Å²) in [5.74, 6) is -0.0158. The van der Waals surface area contributed by atoms with Gasteiger partial charge in [-0.25, -0.2) is 4.79 Å². The lowest BCUT2D eigenvalue weighted by Gasteiger charge is -2.17. The van der Waals surface area contributed by atoms with E-state index in [1.807, 2.05) is 6.92 Å². The van der Waals surface area contributed by atoms with Crippen LogP contribution in [0.25, 0.3) is 0 Å². The summed E-state index contributed by atoms with van der Waals surface area (Å²) in [7, 11) is 1.62. The van der Waals surface area contributed by atoms with Gasteiger partial charge in [-0.3, -0.25) is 14.5 Å². The SMILES string of the molecule is CCCN1C(=O)N[C@H](CC(=O)N(C)Cc2cc(C)no2)C1=O. The minimum atomic E-state index is -0.787. The van der Waals surface area contributed by atoms with E-state index in [2.05, 4.69) is 10.5 Å². The minimum Gasteiger partial charge on any atom is -0.359 e. The number of rotatable bonds is 6. The van der Waals surface area contributed by atoms with Crippen molar-refractivity contribution in [3.63, 3.8) is 0 Å². The maximum absolute atomic E-state index is 12.2. The van der Waals surface area contributed by atoms with Crippen LogP contribution in [0, 0.1) is 6.92 Å². The predicted octanol–water partition coefficient (Wildman–Crippen LogP) is 0.662. The van der Waals surface area contributed by atoms with Gasteiger partial charge in [0.15, 0.2) is 5.76 Å². The summed E-state index contributed by atoms with van der Waals surface area (Å²) in [6.45, 7) is 4.31. The Morgan fingerprint density at radius 3 is 2.82 bits per heavy atom. The fourth-order valence-electron chi connectivity index (χ4n) is 2.29. The standard InChI is InChI=1S/C14H20N4O4/c1-4-5-18-13(20)11(15-14(18)21)7-12(19)17(3)8-10-6-9(2)16-22-10/h6,11H,4-5,7-8H2,1-3H3,(H,15,21)/t11-/m1/s1. The first-order chi connectivity index (χ1) is 10.4. The highest BCUT2D eigenvalue weighted by Crippen LogP contribution is 2.12. The lowest BCUT2D eigenvalue weighted by Crippen LogP contribution is -2.37. The van der Waals surface area contributed by atoms with Crippen LogP contribution in [-0.2, 0) is 16.1 Å². The summed E-state index contributed by atoms with van der Waals surface area (Å²) in [5, 5.41) is 6.30. The molecular weight excluding hydrogens is 288 g/mol. The smallest absolute Gasteiger partial charge is 0.324 e. The zero-order valence-corrected chi connectivity index (χ0v) is 13.0. The summed E-state index contributed by atoms with van der Waals surface area (Å²) in [6.07, 6.45) is 0.624. The highest BCUT2D eigenvalue weighted by molar-refractivity contribution is 6.05. The molecule has 0 spiro atoms. The van der Waals surface area contributed by atoms with Crippen molar-refractivity contribution in [3.05, 3.63) is 17.5 Å². The van der Waals surface area contributed by atoms with Crippen molar-refractivity contribution in [1.82, 2.24) is 20.3 Å². The van der Waals surface area contributed by atoms with E-state index in [-0.39, 0.29) is 24.8 Å². The average molecular weight is 308 g/mol. The van der Waals surface area contributed by atoms with Crippen molar-refractivity contribution in [1.29, 1.82) is 0 Å². The van der Waals surface area contributed by atoms with E-state index in [9.17, 15) is 14.4 Å². The summed E-state index contributed by atoms with van der Waals surface area (Å²) >= 11 is 0. The number of carbonyl (C=O) groups excluding carboxylic acids is 3. The topological polar surface area (TPSA) is 95.8 Å². The Hall–Kier alpha value is -2.38. The Balaban J connectivity index is 1.91. The van der Waals surface area contributed by atoms with E-state index in [1.165, 1.54) is 4.90 Å². The molecule has 8 nitrogen and oxygen atoms in total. The van der Waals surface area contributed by atoms with Crippen molar-refractivity contribution in [2.75, 3.05) is 13.6 Å².